The van der Waals surface area contributed by atoms with Crippen molar-refractivity contribution in [3.05, 3.63) is 106 Å². The Balaban J connectivity index is 1.26. The molecule has 206 valence electrons. The number of imidazole rings is 1. The summed E-state index contributed by atoms with van der Waals surface area (Å²) in [6.45, 7) is -0.552. The van der Waals surface area contributed by atoms with Gasteiger partial charge < -0.3 is 10.2 Å². The maximum absolute atomic E-state index is 15.0. The van der Waals surface area contributed by atoms with Gasteiger partial charge in [-0.25, -0.2) is 13.6 Å². The molecule has 1 aromatic heterocycles. The number of carbonyl (C=O) groups excluding carboxylic acids is 2. The number of aryl methyl sites for hydroxylation is 1. The molecular formula is C31H30F2N4O3. The van der Waals surface area contributed by atoms with Gasteiger partial charge in [0.05, 0.1) is 23.6 Å². The van der Waals surface area contributed by atoms with E-state index in [4.69, 9.17) is 0 Å². The lowest BCUT2D eigenvalue weighted by Crippen LogP contribution is -2.48. The Kier molecular flexibility index (Phi) is 6.73. The molecule has 1 aliphatic carbocycles. The van der Waals surface area contributed by atoms with E-state index >= 15 is 0 Å². The molecule has 2 heterocycles. The van der Waals surface area contributed by atoms with E-state index in [0.29, 0.717) is 22.2 Å². The zero-order valence-corrected chi connectivity index (χ0v) is 22.1. The molecule has 1 saturated carbocycles. The molecule has 2 fully saturated rings. The van der Waals surface area contributed by atoms with Gasteiger partial charge in [-0.2, -0.15) is 0 Å². The van der Waals surface area contributed by atoms with Crippen LogP contribution in [0.2, 0.25) is 0 Å². The number of likely N-dealkylation sites (tertiary alicyclic amines) is 1. The molecule has 1 saturated heterocycles. The number of fused-ring (bicyclic) bond motifs is 1. The Morgan fingerprint density at radius 2 is 1.68 bits per heavy atom. The first-order valence-electron chi connectivity index (χ1n) is 13.5. The van der Waals surface area contributed by atoms with Gasteiger partial charge in [-0.1, -0.05) is 54.6 Å². The molecule has 1 aliphatic heterocycles. The highest BCUT2D eigenvalue weighted by Gasteiger charge is 2.41. The SMILES string of the molecule is Cn1c(=O)n(CC(=O)N2C[C@H](F)C[C@H]2C(=O)N[C@@H](c2ccccc2)c2ccc(C3CC3)c(F)c2)c2ccccc21. The van der Waals surface area contributed by atoms with E-state index in [1.165, 1.54) is 20.1 Å². The smallest absolute Gasteiger partial charge is 0.329 e. The summed E-state index contributed by atoms with van der Waals surface area (Å²) in [5, 5.41) is 2.96. The third kappa shape index (κ3) is 4.80. The predicted molar refractivity (Wildman–Crippen MR) is 147 cm³/mol. The summed E-state index contributed by atoms with van der Waals surface area (Å²) in [4.78, 5) is 41.1. The minimum Gasteiger partial charge on any atom is -0.343 e. The number of aromatic nitrogens is 2. The van der Waals surface area contributed by atoms with E-state index in [1.54, 1.807) is 37.4 Å². The number of alkyl halides is 1. The summed E-state index contributed by atoms with van der Waals surface area (Å²) in [7, 11) is 1.62. The summed E-state index contributed by atoms with van der Waals surface area (Å²) < 4.78 is 32.5. The minimum atomic E-state index is -1.38. The second-order valence-corrected chi connectivity index (χ2v) is 10.7. The van der Waals surface area contributed by atoms with Gasteiger partial charge in [-0.3, -0.25) is 18.7 Å². The van der Waals surface area contributed by atoms with Crippen molar-refractivity contribution in [2.24, 2.45) is 7.05 Å². The normalized spacial score (nSPS) is 19.6. The van der Waals surface area contributed by atoms with Crippen LogP contribution in [0.1, 0.15) is 47.9 Å². The highest BCUT2D eigenvalue weighted by atomic mass is 19.1. The molecule has 9 heteroatoms. The molecule has 3 aromatic carbocycles. The number of amides is 2. The molecule has 1 N–H and O–H groups in total. The van der Waals surface area contributed by atoms with Crippen LogP contribution in [0.4, 0.5) is 8.78 Å². The predicted octanol–water partition coefficient (Wildman–Crippen LogP) is 4.20. The number of benzene rings is 3. The number of nitrogens with one attached hydrogen (secondary N) is 1. The molecule has 2 aliphatic rings. The lowest BCUT2D eigenvalue weighted by molar-refractivity contribution is -0.139. The van der Waals surface area contributed by atoms with Crippen molar-refractivity contribution in [3.8, 4) is 0 Å². The largest absolute Gasteiger partial charge is 0.343 e. The average Bonchev–Trinajstić information content (AvgIpc) is 3.69. The van der Waals surface area contributed by atoms with Crippen LogP contribution in [-0.4, -0.2) is 44.6 Å². The summed E-state index contributed by atoms with van der Waals surface area (Å²) in [5.41, 5.74) is 2.87. The molecule has 0 unspecified atom stereocenters. The Labute approximate surface area is 230 Å². The number of hydrogen-bond donors (Lipinski definition) is 1. The van der Waals surface area contributed by atoms with Crippen LogP contribution >= 0.6 is 0 Å². The van der Waals surface area contributed by atoms with E-state index in [1.807, 2.05) is 36.4 Å². The van der Waals surface area contributed by atoms with E-state index in [9.17, 15) is 23.2 Å². The van der Waals surface area contributed by atoms with E-state index in [-0.39, 0.29) is 36.9 Å². The standard InChI is InChI=1S/C31H30F2N4O3/c1-35-25-9-5-6-10-26(25)37(31(35)40)18-28(38)36-17-22(32)16-27(36)30(39)34-29(20-7-3-2-4-8-20)21-13-14-23(19-11-12-19)24(33)15-21/h2-10,13-15,19,22,27,29H,11-12,16-18H2,1H3,(H,34,39)/t22-,27+,29+/m1/s1. The first-order valence-corrected chi connectivity index (χ1v) is 13.5. The fraction of sp³-hybridized carbons (Fsp3) is 0.323. The van der Waals surface area contributed by atoms with Crippen molar-refractivity contribution >= 4 is 22.8 Å². The molecular weight excluding hydrogens is 514 g/mol. The van der Waals surface area contributed by atoms with Crippen molar-refractivity contribution in [2.75, 3.05) is 6.54 Å². The zero-order chi connectivity index (χ0) is 28.0. The van der Waals surface area contributed by atoms with Crippen LogP contribution in [0, 0.1) is 5.82 Å². The number of halogens is 2. The summed E-state index contributed by atoms with van der Waals surface area (Å²) in [6, 6.07) is 19.6. The monoisotopic (exact) mass is 544 g/mol. The van der Waals surface area contributed by atoms with Crippen molar-refractivity contribution in [3.63, 3.8) is 0 Å². The molecule has 7 nitrogen and oxygen atoms in total. The summed E-state index contributed by atoms with van der Waals surface area (Å²) in [5.74, 6) is -1.11. The average molecular weight is 545 g/mol. The van der Waals surface area contributed by atoms with E-state index in [2.05, 4.69) is 5.32 Å². The number of para-hydroxylation sites is 2. The number of nitrogens with zero attached hydrogens (tertiary/aromatic N) is 3. The zero-order valence-electron chi connectivity index (χ0n) is 22.1. The van der Waals surface area contributed by atoms with Gasteiger partial charge in [0, 0.05) is 13.5 Å². The van der Waals surface area contributed by atoms with Crippen LogP contribution in [-0.2, 0) is 23.2 Å². The molecule has 40 heavy (non-hydrogen) atoms. The molecule has 3 atom stereocenters. The quantitative estimate of drug-likeness (QED) is 0.379. The summed E-state index contributed by atoms with van der Waals surface area (Å²) in [6.07, 6.45) is 0.402. The second kappa shape index (κ2) is 10.4. The van der Waals surface area contributed by atoms with Gasteiger partial charge in [0.25, 0.3) is 0 Å². The Morgan fingerprint density at radius 1 is 0.975 bits per heavy atom. The van der Waals surface area contributed by atoms with Crippen LogP contribution in [0.15, 0.2) is 77.6 Å². The molecule has 6 rings (SSSR count). The third-order valence-corrected chi connectivity index (χ3v) is 8.01. The molecule has 0 spiro atoms. The highest BCUT2D eigenvalue weighted by Crippen LogP contribution is 2.42. The molecule has 4 aromatic rings. The number of carbonyl (C=O) groups is 2. The second-order valence-electron chi connectivity index (χ2n) is 10.7. The van der Waals surface area contributed by atoms with Gasteiger partial charge in [-0.15, -0.1) is 0 Å². The van der Waals surface area contributed by atoms with Crippen molar-refractivity contribution in [1.82, 2.24) is 19.4 Å². The Morgan fingerprint density at radius 3 is 2.38 bits per heavy atom. The Bertz CT molecular complexity index is 1640. The Hall–Kier alpha value is -4.27. The fourth-order valence-corrected chi connectivity index (χ4v) is 5.74. The van der Waals surface area contributed by atoms with Gasteiger partial charge in [-0.05, 0) is 53.6 Å². The van der Waals surface area contributed by atoms with Crippen LogP contribution in [0.25, 0.3) is 11.0 Å². The lowest BCUT2D eigenvalue weighted by atomic mass is 9.96. The van der Waals surface area contributed by atoms with Crippen molar-refractivity contribution in [2.45, 2.75) is 50.0 Å². The first kappa shape index (κ1) is 26.0. The van der Waals surface area contributed by atoms with Crippen molar-refractivity contribution < 1.29 is 18.4 Å². The van der Waals surface area contributed by atoms with Crippen LogP contribution in [0.5, 0.6) is 0 Å². The number of hydrogen-bond acceptors (Lipinski definition) is 3. The molecule has 0 bridgehead atoms. The van der Waals surface area contributed by atoms with Crippen LogP contribution < -0.4 is 11.0 Å². The van der Waals surface area contributed by atoms with Crippen molar-refractivity contribution in [1.29, 1.82) is 0 Å². The molecule has 0 radical (unpaired) electrons. The summed E-state index contributed by atoms with van der Waals surface area (Å²) >= 11 is 0. The van der Waals surface area contributed by atoms with Crippen LogP contribution in [0.3, 0.4) is 0 Å². The van der Waals surface area contributed by atoms with Gasteiger partial charge in [0.15, 0.2) is 0 Å². The lowest BCUT2D eigenvalue weighted by Gasteiger charge is -2.27. The highest BCUT2D eigenvalue weighted by molar-refractivity contribution is 5.89. The van der Waals surface area contributed by atoms with Gasteiger partial charge in [0.1, 0.15) is 24.6 Å². The molecule has 2 amide bonds. The minimum absolute atomic E-state index is 0.154. The maximum Gasteiger partial charge on any atom is 0.329 e. The third-order valence-electron chi connectivity index (χ3n) is 8.01. The van der Waals surface area contributed by atoms with Gasteiger partial charge >= 0.3 is 5.69 Å². The maximum atomic E-state index is 15.0. The number of rotatable bonds is 7. The van der Waals surface area contributed by atoms with E-state index < -0.39 is 30.1 Å². The van der Waals surface area contributed by atoms with Gasteiger partial charge in [0.2, 0.25) is 11.8 Å². The fourth-order valence-electron chi connectivity index (χ4n) is 5.74. The first-order chi connectivity index (χ1) is 19.3. The van der Waals surface area contributed by atoms with E-state index in [0.717, 1.165) is 18.4 Å². The topological polar surface area (TPSA) is 76.3 Å².